The highest BCUT2D eigenvalue weighted by atomic mass is 19.3. The minimum Gasteiger partial charge on any atom is -0.359 e. The van der Waals surface area contributed by atoms with Crippen LogP contribution in [0.2, 0.25) is 0 Å². The van der Waals surface area contributed by atoms with Gasteiger partial charge in [0.2, 0.25) is 5.43 Å². The summed E-state index contributed by atoms with van der Waals surface area (Å²) in [4.78, 5) is 13.4. The fourth-order valence-electron chi connectivity index (χ4n) is 0.926. The molecular weight excluding hydrogens is 178 g/mol. The number of hydrogen-bond donors (Lipinski definition) is 1. The smallest absolute Gasteiger partial charge is 0.279 e. The summed E-state index contributed by atoms with van der Waals surface area (Å²) in [5, 5.41) is 8.47. The first kappa shape index (κ1) is 9.39. The van der Waals surface area contributed by atoms with Gasteiger partial charge in [0, 0.05) is 11.8 Å². The van der Waals surface area contributed by atoms with E-state index in [0.717, 1.165) is 0 Å². The van der Waals surface area contributed by atoms with Crippen LogP contribution in [0.4, 0.5) is 8.78 Å². The number of nitrogens with zero attached hydrogens (tertiary/aromatic N) is 1. The molecule has 0 atom stereocenters. The van der Waals surface area contributed by atoms with Gasteiger partial charge in [-0.25, -0.2) is 8.78 Å². The first-order chi connectivity index (χ1) is 6.07. The Morgan fingerprint density at radius 3 is 2.69 bits per heavy atom. The summed E-state index contributed by atoms with van der Waals surface area (Å²) in [5.74, 6) is 0. The molecule has 0 aromatic carbocycles. The molecule has 0 aliphatic heterocycles. The molecule has 0 fully saturated rings. The molecule has 3 nitrogen and oxygen atoms in total. The number of hydrogen-bond acceptors (Lipinski definition) is 2. The molecule has 13 heavy (non-hydrogen) atoms. The van der Waals surface area contributed by atoms with Crippen LogP contribution in [0.5, 0.6) is 0 Å². The third-order valence-electron chi connectivity index (χ3n) is 1.63. The summed E-state index contributed by atoms with van der Waals surface area (Å²) in [6, 6.07) is 1.46. The van der Waals surface area contributed by atoms with Gasteiger partial charge in [0.05, 0.1) is 0 Å². The zero-order valence-electron chi connectivity index (χ0n) is 6.77. The maximum atomic E-state index is 12.2. The summed E-state index contributed by atoms with van der Waals surface area (Å²) >= 11 is 0. The van der Waals surface area contributed by atoms with Gasteiger partial charge >= 0.3 is 0 Å². The summed E-state index contributed by atoms with van der Waals surface area (Å²) < 4.78 is 24.4. The minimum atomic E-state index is -2.83. The topological polar surface area (TPSA) is 56.6 Å². The predicted octanol–water partition coefficient (Wildman–Crippen LogP) is 1.49. The third kappa shape index (κ3) is 1.56. The van der Waals surface area contributed by atoms with Gasteiger partial charge < -0.3 is 4.98 Å². The number of alkyl halides is 2. The van der Waals surface area contributed by atoms with Gasteiger partial charge in [-0.15, -0.1) is 0 Å². The summed E-state index contributed by atoms with van der Waals surface area (Å²) in [6.07, 6.45) is -1.66. The largest absolute Gasteiger partial charge is 0.359 e. The number of nitrogens with one attached hydrogen (secondary N) is 1. The fraction of sp³-hybridized carbons (Fsp3) is 0.250. The van der Waals surface area contributed by atoms with Gasteiger partial charge in [-0.2, -0.15) is 5.26 Å². The molecule has 0 spiro atoms. The van der Waals surface area contributed by atoms with Gasteiger partial charge in [0.25, 0.3) is 6.43 Å². The molecule has 0 saturated heterocycles. The minimum absolute atomic E-state index is 0.251. The summed E-state index contributed by atoms with van der Waals surface area (Å²) in [6.45, 7) is 1.45. The van der Waals surface area contributed by atoms with Crippen LogP contribution in [-0.2, 0) is 0 Å². The number of halogens is 2. The Morgan fingerprint density at radius 1 is 1.62 bits per heavy atom. The standard InChI is InChI=1S/C8H6F2N2O/c1-4-3-12-6(8(9)10)5(2-11)7(4)13/h3,8H,1H3,(H,12,13). The number of rotatable bonds is 1. The molecule has 1 N–H and O–H groups in total. The fourth-order valence-corrected chi connectivity index (χ4v) is 0.926. The third-order valence-corrected chi connectivity index (χ3v) is 1.63. The van der Waals surface area contributed by atoms with Crippen molar-refractivity contribution in [1.29, 1.82) is 5.26 Å². The molecule has 5 heteroatoms. The summed E-state index contributed by atoms with van der Waals surface area (Å²) in [7, 11) is 0. The number of pyridine rings is 1. The number of nitriles is 1. The second-order valence-corrected chi connectivity index (χ2v) is 2.50. The van der Waals surface area contributed by atoms with Crippen LogP contribution >= 0.6 is 0 Å². The molecule has 0 bridgehead atoms. The molecule has 1 rings (SSSR count). The molecule has 1 heterocycles. The lowest BCUT2D eigenvalue weighted by molar-refractivity contribution is 0.145. The molecular formula is C8H6F2N2O. The van der Waals surface area contributed by atoms with E-state index < -0.39 is 23.1 Å². The van der Waals surface area contributed by atoms with E-state index in [4.69, 9.17) is 5.26 Å². The van der Waals surface area contributed by atoms with E-state index >= 15 is 0 Å². The first-order valence-corrected chi connectivity index (χ1v) is 3.48. The second-order valence-electron chi connectivity index (χ2n) is 2.50. The molecule has 0 amide bonds. The predicted molar refractivity (Wildman–Crippen MR) is 41.5 cm³/mol. The van der Waals surface area contributed by atoms with Gasteiger partial charge in [0.15, 0.2) is 0 Å². The van der Waals surface area contributed by atoms with Crippen LogP contribution in [0.1, 0.15) is 23.2 Å². The van der Waals surface area contributed by atoms with E-state index in [9.17, 15) is 13.6 Å². The average Bonchev–Trinajstić information content (AvgIpc) is 2.09. The Kier molecular flexibility index (Phi) is 2.42. The molecule has 1 aromatic rings. The highest BCUT2D eigenvalue weighted by Crippen LogP contribution is 2.17. The number of H-pyrrole nitrogens is 1. The Morgan fingerprint density at radius 2 is 2.23 bits per heavy atom. The highest BCUT2D eigenvalue weighted by molar-refractivity contribution is 5.36. The van der Waals surface area contributed by atoms with Crippen molar-refractivity contribution >= 4 is 0 Å². The van der Waals surface area contributed by atoms with Crippen molar-refractivity contribution in [1.82, 2.24) is 4.98 Å². The number of aromatic amines is 1. The van der Waals surface area contributed by atoms with Crippen LogP contribution in [0.15, 0.2) is 11.0 Å². The molecule has 0 saturated carbocycles. The van der Waals surface area contributed by atoms with Crippen molar-refractivity contribution < 1.29 is 8.78 Å². The zero-order valence-corrected chi connectivity index (χ0v) is 6.77. The van der Waals surface area contributed by atoms with Crippen LogP contribution < -0.4 is 5.43 Å². The van der Waals surface area contributed by atoms with E-state index in [1.165, 1.54) is 19.2 Å². The number of aryl methyl sites for hydroxylation is 1. The molecule has 0 unspecified atom stereocenters. The Bertz CT molecular complexity index is 417. The molecule has 1 aromatic heterocycles. The Hall–Kier alpha value is -1.70. The Balaban J connectivity index is 3.51. The Labute approximate surface area is 72.6 Å². The van der Waals surface area contributed by atoms with Crippen molar-refractivity contribution in [3.8, 4) is 6.07 Å². The van der Waals surface area contributed by atoms with Crippen molar-refractivity contribution in [2.45, 2.75) is 13.3 Å². The lowest BCUT2D eigenvalue weighted by Crippen LogP contribution is -2.14. The maximum Gasteiger partial charge on any atom is 0.279 e. The quantitative estimate of drug-likeness (QED) is 0.718. The van der Waals surface area contributed by atoms with Crippen molar-refractivity contribution in [2.75, 3.05) is 0 Å². The van der Waals surface area contributed by atoms with Crippen LogP contribution in [0.25, 0.3) is 0 Å². The first-order valence-electron chi connectivity index (χ1n) is 3.48. The van der Waals surface area contributed by atoms with Crippen LogP contribution in [0.3, 0.4) is 0 Å². The van der Waals surface area contributed by atoms with E-state index in [-0.39, 0.29) is 5.56 Å². The lowest BCUT2D eigenvalue weighted by atomic mass is 10.1. The van der Waals surface area contributed by atoms with Crippen molar-refractivity contribution in [2.24, 2.45) is 0 Å². The second kappa shape index (κ2) is 3.35. The highest BCUT2D eigenvalue weighted by Gasteiger charge is 2.16. The molecule has 0 aliphatic carbocycles. The van der Waals surface area contributed by atoms with Gasteiger partial charge in [0.1, 0.15) is 17.3 Å². The average molecular weight is 184 g/mol. The normalized spacial score (nSPS) is 10.1. The lowest BCUT2D eigenvalue weighted by Gasteiger charge is -2.02. The van der Waals surface area contributed by atoms with E-state index in [1.807, 2.05) is 0 Å². The van der Waals surface area contributed by atoms with Crippen molar-refractivity contribution in [3.63, 3.8) is 0 Å². The van der Waals surface area contributed by atoms with Gasteiger partial charge in [-0.1, -0.05) is 0 Å². The van der Waals surface area contributed by atoms with Gasteiger partial charge in [-0.3, -0.25) is 4.79 Å². The SMILES string of the molecule is Cc1c[nH]c(C(F)F)c(C#N)c1=O. The molecule has 0 aliphatic rings. The summed E-state index contributed by atoms with van der Waals surface area (Å²) in [5.41, 5.74) is -1.51. The van der Waals surface area contributed by atoms with Gasteiger partial charge in [-0.05, 0) is 6.92 Å². The van der Waals surface area contributed by atoms with E-state index in [0.29, 0.717) is 0 Å². The number of aromatic nitrogens is 1. The maximum absolute atomic E-state index is 12.2. The monoisotopic (exact) mass is 184 g/mol. The zero-order chi connectivity index (χ0) is 10.0. The molecule has 0 radical (unpaired) electrons. The van der Waals surface area contributed by atoms with Crippen LogP contribution in [-0.4, -0.2) is 4.98 Å². The van der Waals surface area contributed by atoms with E-state index in [1.54, 1.807) is 0 Å². The van der Waals surface area contributed by atoms with Crippen LogP contribution in [0, 0.1) is 18.3 Å². The van der Waals surface area contributed by atoms with E-state index in [2.05, 4.69) is 4.98 Å². The van der Waals surface area contributed by atoms with Crippen molar-refractivity contribution in [3.05, 3.63) is 33.2 Å². The molecule has 68 valence electrons.